The van der Waals surface area contributed by atoms with Crippen molar-refractivity contribution in [2.24, 2.45) is 5.92 Å². The van der Waals surface area contributed by atoms with Crippen LogP contribution in [0.3, 0.4) is 0 Å². The van der Waals surface area contributed by atoms with Crippen molar-refractivity contribution < 1.29 is 43.2 Å². The Bertz CT molecular complexity index is 2250. The van der Waals surface area contributed by atoms with Gasteiger partial charge in [-0.05, 0) is 55.0 Å². The number of hydrogen-bond donors (Lipinski definition) is 2. The van der Waals surface area contributed by atoms with Crippen molar-refractivity contribution in [2.45, 2.75) is 79.9 Å². The highest BCUT2D eigenvalue weighted by atomic mass is 16.6. The van der Waals surface area contributed by atoms with Gasteiger partial charge in [0.25, 0.3) is 0 Å². The number of likely N-dealkylation sites (N-methyl/N-ethyl adjacent to an activating group) is 1. The fourth-order valence-electron chi connectivity index (χ4n) is 12.4. The SMILES string of the molecule is CCC1=C[C@H]2CN(C1)Cc1c([nH]c3ccccc13)[C@@](C(=O)OC)(c1cc3c(cc1OC)N(C)[C@@H]1C34CCN3CC=C[C@](OC)([C@H]34)[C@@H](OC(C)=O)[C@]1(O)C(=O)OC)C2. The summed E-state index contributed by atoms with van der Waals surface area (Å²) in [7, 11) is 7.63. The number of aromatic amines is 1. The number of ether oxygens (including phenoxy) is 5. The Morgan fingerprint density at radius 1 is 1.00 bits per heavy atom. The molecule has 1 aliphatic carbocycles. The number of nitrogens with zero attached hydrogens (tertiary/aromatic N) is 3. The van der Waals surface area contributed by atoms with Crippen molar-refractivity contribution in [3.8, 4) is 5.75 Å². The molecule has 5 aliphatic heterocycles. The van der Waals surface area contributed by atoms with Crippen LogP contribution in [0.1, 0.15) is 55.5 Å². The zero-order chi connectivity index (χ0) is 40.2. The zero-order valence-electron chi connectivity index (χ0n) is 33.7. The van der Waals surface area contributed by atoms with E-state index in [9.17, 15) is 14.7 Å². The molecular formula is C44H52N4O9. The average Bonchev–Trinajstić information content (AvgIpc) is 3.87. The van der Waals surface area contributed by atoms with Gasteiger partial charge in [-0.25, -0.2) is 4.79 Å². The lowest BCUT2D eigenvalue weighted by Crippen LogP contribution is -2.84. The van der Waals surface area contributed by atoms with Gasteiger partial charge in [0.1, 0.15) is 16.8 Å². The van der Waals surface area contributed by atoms with E-state index in [1.165, 1.54) is 33.8 Å². The number of fused-ring (bicyclic) bond motifs is 6. The number of H-pyrrole nitrogens is 1. The molecule has 6 heterocycles. The molecule has 6 aliphatic rings. The maximum atomic E-state index is 15.2. The normalized spacial score (nSPS) is 34.9. The van der Waals surface area contributed by atoms with Gasteiger partial charge in [0.2, 0.25) is 5.60 Å². The first-order chi connectivity index (χ1) is 27.4. The van der Waals surface area contributed by atoms with Crippen LogP contribution in [-0.2, 0) is 50.7 Å². The molecule has 2 N–H and O–H groups in total. The highest BCUT2D eigenvalue weighted by Gasteiger charge is 2.81. The van der Waals surface area contributed by atoms with Crippen LogP contribution in [0.5, 0.6) is 5.75 Å². The standard InChI is InChI=1S/C44H52N4O9/c1-8-26-18-27-21-42(39(50)54-5,35-29(24-47(22-26)23-27)28-12-9-10-13-32(28)45-35)31-19-30-33(20-34(31)53-4)46(3)37-41(30)15-17-48-16-11-14-43(56-7,36(41)48)38(57-25(2)49)44(37,52)40(51)55-6/h9-14,18-20,27,36-38,45,52H,8,15-17,21-24H2,1-7H3/t27-,36-,37-,38-,41?,42+,43+,44+/m1/s1. The second-order valence-electron chi connectivity index (χ2n) is 16.8. The predicted octanol–water partition coefficient (Wildman–Crippen LogP) is 3.74. The smallest absolute Gasteiger partial charge is 0.344 e. The largest absolute Gasteiger partial charge is 0.496 e. The fourth-order valence-corrected chi connectivity index (χ4v) is 12.4. The first-order valence-corrected chi connectivity index (χ1v) is 19.9. The van der Waals surface area contributed by atoms with E-state index in [-0.39, 0.29) is 5.92 Å². The van der Waals surface area contributed by atoms with Gasteiger partial charge in [0, 0.05) is 86.6 Å². The number of rotatable bonds is 7. The molecule has 1 saturated heterocycles. The first kappa shape index (κ1) is 37.9. The number of hydrogen-bond acceptors (Lipinski definition) is 12. The van der Waals surface area contributed by atoms with E-state index in [0.717, 1.165) is 47.2 Å². The van der Waals surface area contributed by atoms with Crippen molar-refractivity contribution in [3.63, 3.8) is 0 Å². The zero-order valence-corrected chi connectivity index (χ0v) is 33.7. The van der Waals surface area contributed by atoms with E-state index in [4.69, 9.17) is 23.7 Å². The van der Waals surface area contributed by atoms with Crippen molar-refractivity contribution in [1.29, 1.82) is 0 Å². The van der Waals surface area contributed by atoms with Crippen LogP contribution in [0.2, 0.25) is 0 Å². The second-order valence-corrected chi connectivity index (χ2v) is 16.8. The predicted molar refractivity (Wildman–Crippen MR) is 211 cm³/mol. The number of carbonyl (C=O) groups excluding carboxylic acids is 3. The Morgan fingerprint density at radius 3 is 2.47 bits per heavy atom. The minimum absolute atomic E-state index is 0.00841. The van der Waals surface area contributed by atoms with Crippen LogP contribution in [0.25, 0.3) is 10.9 Å². The first-order valence-electron chi connectivity index (χ1n) is 19.9. The summed E-state index contributed by atoms with van der Waals surface area (Å²) in [6.45, 7) is 6.90. The van der Waals surface area contributed by atoms with Gasteiger partial charge in [0.15, 0.2) is 6.10 Å². The summed E-state index contributed by atoms with van der Waals surface area (Å²) >= 11 is 0. The van der Waals surface area contributed by atoms with Crippen LogP contribution in [0.15, 0.2) is 60.2 Å². The molecule has 1 aromatic heterocycles. The molecule has 0 amide bonds. The van der Waals surface area contributed by atoms with E-state index in [2.05, 4.69) is 39.9 Å². The number of aromatic nitrogens is 1. The molecule has 2 bridgehead atoms. The lowest BCUT2D eigenvalue weighted by Gasteiger charge is -2.62. The summed E-state index contributed by atoms with van der Waals surface area (Å²) < 4.78 is 30.1. The Labute approximate surface area is 332 Å². The Kier molecular flexibility index (Phi) is 8.75. The molecule has 13 heteroatoms. The number of esters is 3. The second kappa shape index (κ2) is 13.2. The van der Waals surface area contributed by atoms with E-state index < -0.39 is 58.1 Å². The van der Waals surface area contributed by atoms with Gasteiger partial charge in [-0.3, -0.25) is 19.4 Å². The molecule has 9 rings (SSSR count). The van der Waals surface area contributed by atoms with E-state index in [0.29, 0.717) is 49.5 Å². The number of benzene rings is 2. The molecule has 302 valence electrons. The average molecular weight is 781 g/mol. The summed E-state index contributed by atoms with van der Waals surface area (Å²) in [6.07, 6.45) is 6.49. The molecule has 2 fully saturated rings. The Balaban J connectivity index is 1.37. The highest BCUT2D eigenvalue weighted by molar-refractivity contribution is 5.95. The number of methoxy groups -OCH3 is 4. The molecule has 0 radical (unpaired) electrons. The third kappa shape index (κ3) is 4.79. The van der Waals surface area contributed by atoms with Gasteiger partial charge < -0.3 is 38.7 Å². The van der Waals surface area contributed by atoms with Crippen molar-refractivity contribution >= 4 is 34.5 Å². The molecule has 1 spiro atoms. The van der Waals surface area contributed by atoms with Crippen LogP contribution in [0, 0.1) is 5.92 Å². The molecule has 2 unspecified atom stereocenters. The quantitative estimate of drug-likeness (QED) is 0.205. The van der Waals surface area contributed by atoms with E-state index in [1.807, 2.05) is 48.4 Å². The number of aliphatic hydroxyl groups is 1. The molecule has 57 heavy (non-hydrogen) atoms. The van der Waals surface area contributed by atoms with Crippen molar-refractivity contribution in [1.82, 2.24) is 14.8 Å². The van der Waals surface area contributed by atoms with E-state index >= 15 is 4.79 Å². The van der Waals surface area contributed by atoms with Gasteiger partial charge in [-0.15, -0.1) is 0 Å². The molecule has 1 saturated carbocycles. The number of nitrogens with one attached hydrogen (secondary N) is 1. The van der Waals surface area contributed by atoms with Crippen LogP contribution in [0.4, 0.5) is 5.69 Å². The van der Waals surface area contributed by atoms with Gasteiger partial charge in [-0.1, -0.05) is 48.9 Å². The summed E-state index contributed by atoms with van der Waals surface area (Å²) in [5.41, 5.74) is 0.0154. The lowest BCUT2D eigenvalue weighted by atomic mass is 9.52. The van der Waals surface area contributed by atoms with Crippen LogP contribution in [-0.4, -0.2) is 129 Å². The molecular weight excluding hydrogens is 729 g/mol. The Hall–Kier alpha value is -4.69. The lowest BCUT2D eigenvalue weighted by molar-refractivity contribution is -0.250. The molecule has 13 nitrogen and oxygen atoms in total. The maximum absolute atomic E-state index is 15.2. The van der Waals surface area contributed by atoms with Gasteiger partial charge in [0.05, 0.1) is 33.4 Å². The number of anilines is 1. The minimum Gasteiger partial charge on any atom is -0.496 e. The number of carbonyl (C=O) groups is 3. The Morgan fingerprint density at radius 2 is 1.77 bits per heavy atom. The fraction of sp³-hybridized carbons (Fsp3) is 0.523. The van der Waals surface area contributed by atoms with E-state index in [1.54, 1.807) is 7.11 Å². The third-order valence-electron chi connectivity index (χ3n) is 14.3. The molecule has 9 atom stereocenters. The maximum Gasteiger partial charge on any atom is 0.344 e. The summed E-state index contributed by atoms with van der Waals surface area (Å²) in [5, 5.41) is 14.3. The van der Waals surface area contributed by atoms with Crippen LogP contribution >= 0.6 is 0 Å². The summed E-state index contributed by atoms with van der Waals surface area (Å²) in [4.78, 5) is 52.8. The molecule has 2 aromatic carbocycles. The summed E-state index contributed by atoms with van der Waals surface area (Å²) in [5.74, 6) is -1.55. The minimum atomic E-state index is -2.40. The number of para-hydroxylation sites is 1. The van der Waals surface area contributed by atoms with Crippen LogP contribution < -0.4 is 9.64 Å². The summed E-state index contributed by atoms with van der Waals surface area (Å²) in [6, 6.07) is 10.7. The van der Waals surface area contributed by atoms with Crippen molar-refractivity contribution in [3.05, 3.63) is 82.6 Å². The topological polar surface area (TPSA) is 143 Å². The molecule has 3 aromatic rings. The monoisotopic (exact) mass is 780 g/mol. The third-order valence-corrected chi connectivity index (χ3v) is 14.3. The highest BCUT2D eigenvalue weighted by Crippen LogP contribution is 2.66. The van der Waals surface area contributed by atoms with Gasteiger partial charge >= 0.3 is 17.9 Å². The van der Waals surface area contributed by atoms with Crippen molar-refractivity contribution in [2.75, 3.05) is 66.6 Å². The van der Waals surface area contributed by atoms with Gasteiger partial charge in [-0.2, -0.15) is 0 Å².